The molecule has 0 bridgehead atoms. The zero-order valence-corrected chi connectivity index (χ0v) is 12.0. The molecule has 4 nitrogen and oxygen atoms in total. The van der Waals surface area contributed by atoms with Gasteiger partial charge >= 0.3 is 0 Å². The first kappa shape index (κ1) is 15.7. The average molecular weight is 264 g/mol. The fourth-order valence-electron chi connectivity index (χ4n) is 1.65. The summed E-state index contributed by atoms with van der Waals surface area (Å²) in [4.78, 5) is 11.8. The number of hydrogen-bond donors (Lipinski definition) is 2. The number of hydrogen-bond acceptors (Lipinski definition) is 3. The zero-order chi connectivity index (χ0) is 14.1. The van der Waals surface area contributed by atoms with E-state index < -0.39 is 0 Å². The van der Waals surface area contributed by atoms with Gasteiger partial charge in [-0.05, 0) is 25.8 Å². The molecule has 0 aliphatic rings. The number of carbonyl (C=O) groups excluding carboxylic acids is 1. The Hall–Kier alpha value is -1.39. The van der Waals surface area contributed by atoms with E-state index in [0.29, 0.717) is 19.7 Å². The first-order valence-corrected chi connectivity index (χ1v) is 6.69. The topological polar surface area (TPSA) is 50.4 Å². The summed E-state index contributed by atoms with van der Waals surface area (Å²) in [5.41, 5.74) is 2.43. The number of carbonyl (C=O) groups is 1. The van der Waals surface area contributed by atoms with Gasteiger partial charge in [0.15, 0.2) is 0 Å². The Kier molecular flexibility index (Phi) is 7.15. The van der Waals surface area contributed by atoms with Crippen molar-refractivity contribution < 1.29 is 9.53 Å². The summed E-state index contributed by atoms with van der Waals surface area (Å²) in [6.45, 7) is 5.97. The highest BCUT2D eigenvalue weighted by Crippen LogP contribution is 2.02. The lowest BCUT2D eigenvalue weighted by atomic mass is 10.1. The van der Waals surface area contributed by atoms with Crippen LogP contribution in [0.2, 0.25) is 0 Å². The zero-order valence-electron chi connectivity index (χ0n) is 12.0. The van der Waals surface area contributed by atoms with Crippen molar-refractivity contribution in [3.63, 3.8) is 0 Å². The van der Waals surface area contributed by atoms with Crippen molar-refractivity contribution in [1.82, 2.24) is 10.6 Å². The standard InChI is InChI=1S/C15H24N2O2/c1-12-5-7-14(8-6-12)11-17-13(2)15(18)16-9-4-10-19-3/h5-8,13,17H,4,9-11H2,1-3H3,(H,16,18). The molecule has 0 saturated heterocycles. The number of nitrogens with one attached hydrogen (secondary N) is 2. The van der Waals surface area contributed by atoms with Crippen LogP contribution in [0.1, 0.15) is 24.5 Å². The van der Waals surface area contributed by atoms with Crippen molar-refractivity contribution in [2.75, 3.05) is 20.3 Å². The molecular formula is C15H24N2O2. The highest BCUT2D eigenvalue weighted by Gasteiger charge is 2.10. The second-order valence-electron chi connectivity index (χ2n) is 4.73. The van der Waals surface area contributed by atoms with E-state index in [-0.39, 0.29) is 11.9 Å². The molecule has 0 saturated carbocycles. The molecule has 0 aliphatic heterocycles. The fourth-order valence-corrected chi connectivity index (χ4v) is 1.65. The fraction of sp³-hybridized carbons (Fsp3) is 0.533. The van der Waals surface area contributed by atoms with Gasteiger partial charge in [0, 0.05) is 26.8 Å². The van der Waals surface area contributed by atoms with E-state index in [1.165, 1.54) is 11.1 Å². The maximum Gasteiger partial charge on any atom is 0.236 e. The summed E-state index contributed by atoms with van der Waals surface area (Å²) in [6, 6.07) is 8.11. The summed E-state index contributed by atoms with van der Waals surface area (Å²) in [7, 11) is 1.66. The highest BCUT2D eigenvalue weighted by molar-refractivity contribution is 5.81. The summed E-state index contributed by atoms with van der Waals surface area (Å²) in [5.74, 6) is 0.0308. The molecule has 1 rings (SSSR count). The normalized spacial score (nSPS) is 12.2. The van der Waals surface area contributed by atoms with Crippen LogP contribution >= 0.6 is 0 Å². The Labute approximate surface area is 115 Å². The van der Waals surface area contributed by atoms with Gasteiger partial charge in [0.25, 0.3) is 0 Å². The molecule has 1 atom stereocenters. The van der Waals surface area contributed by atoms with E-state index >= 15 is 0 Å². The van der Waals surface area contributed by atoms with Gasteiger partial charge in [0.1, 0.15) is 0 Å². The van der Waals surface area contributed by atoms with Crippen molar-refractivity contribution in [3.05, 3.63) is 35.4 Å². The van der Waals surface area contributed by atoms with E-state index in [0.717, 1.165) is 6.42 Å². The molecule has 4 heteroatoms. The maximum atomic E-state index is 11.8. The molecule has 0 aromatic heterocycles. The number of methoxy groups -OCH3 is 1. The Morgan fingerprint density at radius 2 is 2.00 bits per heavy atom. The van der Waals surface area contributed by atoms with Crippen LogP contribution in [0.4, 0.5) is 0 Å². The lowest BCUT2D eigenvalue weighted by molar-refractivity contribution is -0.122. The molecule has 0 aliphatic carbocycles. The summed E-state index contributed by atoms with van der Waals surface area (Å²) in [5, 5.41) is 6.10. The number of ether oxygens (including phenoxy) is 1. The van der Waals surface area contributed by atoms with Crippen LogP contribution in [0.25, 0.3) is 0 Å². The van der Waals surface area contributed by atoms with Crippen molar-refractivity contribution in [2.45, 2.75) is 32.9 Å². The van der Waals surface area contributed by atoms with Crippen LogP contribution in [-0.2, 0) is 16.1 Å². The van der Waals surface area contributed by atoms with E-state index in [9.17, 15) is 4.79 Å². The second-order valence-corrected chi connectivity index (χ2v) is 4.73. The number of aryl methyl sites for hydroxylation is 1. The minimum Gasteiger partial charge on any atom is -0.385 e. The van der Waals surface area contributed by atoms with E-state index in [4.69, 9.17) is 4.74 Å². The minimum atomic E-state index is -0.191. The summed E-state index contributed by atoms with van der Waals surface area (Å²) in [6.07, 6.45) is 0.840. The van der Waals surface area contributed by atoms with Crippen LogP contribution in [0, 0.1) is 6.92 Å². The Morgan fingerprint density at radius 1 is 1.32 bits per heavy atom. The number of benzene rings is 1. The van der Waals surface area contributed by atoms with Gasteiger partial charge in [-0.1, -0.05) is 29.8 Å². The van der Waals surface area contributed by atoms with E-state index in [1.54, 1.807) is 7.11 Å². The summed E-state index contributed by atoms with van der Waals surface area (Å²) < 4.78 is 4.93. The van der Waals surface area contributed by atoms with E-state index in [2.05, 4.69) is 41.8 Å². The van der Waals surface area contributed by atoms with Crippen molar-refractivity contribution in [1.29, 1.82) is 0 Å². The van der Waals surface area contributed by atoms with Crippen molar-refractivity contribution in [3.8, 4) is 0 Å². The Morgan fingerprint density at radius 3 is 2.63 bits per heavy atom. The SMILES string of the molecule is COCCCNC(=O)C(C)NCc1ccc(C)cc1. The molecular weight excluding hydrogens is 240 g/mol. The van der Waals surface area contributed by atoms with Gasteiger partial charge in [-0.2, -0.15) is 0 Å². The van der Waals surface area contributed by atoms with Crippen LogP contribution in [0.5, 0.6) is 0 Å². The van der Waals surface area contributed by atoms with Gasteiger partial charge in [-0.15, -0.1) is 0 Å². The van der Waals surface area contributed by atoms with Crippen LogP contribution < -0.4 is 10.6 Å². The first-order valence-electron chi connectivity index (χ1n) is 6.69. The first-order chi connectivity index (χ1) is 9.13. The third-order valence-corrected chi connectivity index (χ3v) is 2.95. The molecule has 19 heavy (non-hydrogen) atoms. The monoisotopic (exact) mass is 264 g/mol. The maximum absolute atomic E-state index is 11.8. The van der Waals surface area contributed by atoms with Crippen LogP contribution in [-0.4, -0.2) is 32.2 Å². The molecule has 1 aromatic carbocycles. The Balaban J connectivity index is 2.24. The predicted octanol–water partition coefficient (Wildman–Crippen LogP) is 1.63. The summed E-state index contributed by atoms with van der Waals surface area (Å²) >= 11 is 0. The molecule has 1 amide bonds. The quantitative estimate of drug-likeness (QED) is 0.702. The smallest absolute Gasteiger partial charge is 0.236 e. The Bertz CT molecular complexity index is 376. The average Bonchev–Trinajstić information content (AvgIpc) is 2.42. The highest BCUT2D eigenvalue weighted by atomic mass is 16.5. The van der Waals surface area contributed by atoms with Crippen LogP contribution in [0.3, 0.4) is 0 Å². The van der Waals surface area contributed by atoms with E-state index in [1.807, 2.05) is 6.92 Å². The number of amides is 1. The van der Waals surface area contributed by atoms with Gasteiger partial charge in [-0.25, -0.2) is 0 Å². The number of rotatable bonds is 8. The largest absolute Gasteiger partial charge is 0.385 e. The van der Waals surface area contributed by atoms with Crippen LogP contribution in [0.15, 0.2) is 24.3 Å². The lowest BCUT2D eigenvalue weighted by Crippen LogP contribution is -2.42. The molecule has 0 heterocycles. The lowest BCUT2D eigenvalue weighted by Gasteiger charge is -2.14. The molecule has 2 N–H and O–H groups in total. The van der Waals surface area contributed by atoms with Crippen molar-refractivity contribution >= 4 is 5.91 Å². The molecule has 1 unspecified atom stereocenters. The molecule has 0 radical (unpaired) electrons. The second kappa shape index (κ2) is 8.67. The third kappa shape index (κ3) is 6.36. The molecule has 1 aromatic rings. The van der Waals surface area contributed by atoms with Crippen molar-refractivity contribution in [2.24, 2.45) is 0 Å². The molecule has 0 spiro atoms. The van der Waals surface area contributed by atoms with Gasteiger partial charge in [-0.3, -0.25) is 4.79 Å². The molecule has 0 fully saturated rings. The van der Waals surface area contributed by atoms with Gasteiger partial charge < -0.3 is 15.4 Å². The molecule has 106 valence electrons. The third-order valence-electron chi connectivity index (χ3n) is 2.95. The predicted molar refractivity (Wildman–Crippen MR) is 77.0 cm³/mol. The minimum absolute atomic E-state index is 0.0308. The van der Waals surface area contributed by atoms with Gasteiger partial charge in [0.2, 0.25) is 5.91 Å². The van der Waals surface area contributed by atoms with Gasteiger partial charge in [0.05, 0.1) is 6.04 Å².